The molecular weight excluding hydrogens is 290 g/mol. The first-order valence-corrected chi connectivity index (χ1v) is 7.68. The number of carbonyl (C=O) groups is 1. The average molecular weight is 312 g/mol. The van der Waals surface area contributed by atoms with Gasteiger partial charge in [-0.3, -0.25) is 0 Å². The molecule has 1 aliphatic rings. The van der Waals surface area contributed by atoms with Gasteiger partial charge in [-0.05, 0) is 31.0 Å². The van der Waals surface area contributed by atoms with Gasteiger partial charge < -0.3 is 20.6 Å². The number of carbonyl (C=O) groups excluding carboxylic acids is 1. The molecular formula is C15H22ClN3O2. The molecule has 2 rings (SSSR count). The Hall–Kier alpha value is -1.46. The van der Waals surface area contributed by atoms with Crippen LogP contribution < -0.4 is 15.5 Å². The number of hydrogen-bond acceptors (Lipinski definition) is 3. The molecule has 2 amide bonds. The number of hydrogen-bond donors (Lipinski definition) is 3. The highest BCUT2D eigenvalue weighted by Crippen LogP contribution is 2.23. The fourth-order valence-corrected chi connectivity index (χ4v) is 2.66. The van der Waals surface area contributed by atoms with Gasteiger partial charge in [0.05, 0.1) is 12.6 Å². The van der Waals surface area contributed by atoms with Gasteiger partial charge in [0.2, 0.25) is 0 Å². The van der Waals surface area contributed by atoms with E-state index in [9.17, 15) is 4.79 Å². The lowest BCUT2D eigenvalue weighted by Crippen LogP contribution is -2.48. The lowest BCUT2D eigenvalue weighted by atomic mass is 10.2. The van der Waals surface area contributed by atoms with E-state index in [4.69, 9.17) is 16.7 Å². The normalized spacial score (nSPS) is 19.4. The van der Waals surface area contributed by atoms with Crippen LogP contribution in [-0.2, 0) is 0 Å². The zero-order valence-electron chi connectivity index (χ0n) is 12.2. The molecule has 2 atom stereocenters. The van der Waals surface area contributed by atoms with Crippen molar-refractivity contribution in [2.24, 2.45) is 0 Å². The lowest BCUT2D eigenvalue weighted by molar-refractivity contribution is 0.212. The van der Waals surface area contributed by atoms with Crippen LogP contribution in [0.1, 0.15) is 19.8 Å². The fraction of sp³-hybridized carbons (Fsp3) is 0.533. The third kappa shape index (κ3) is 4.51. The predicted molar refractivity (Wildman–Crippen MR) is 84.9 cm³/mol. The summed E-state index contributed by atoms with van der Waals surface area (Å²) in [7, 11) is 0. The van der Waals surface area contributed by atoms with Crippen molar-refractivity contribution in [1.29, 1.82) is 0 Å². The Morgan fingerprint density at radius 3 is 3.05 bits per heavy atom. The summed E-state index contributed by atoms with van der Waals surface area (Å²) in [6.45, 7) is 3.55. The average Bonchev–Trinajstić information content (AvgIpc) is 2.93. The number of nitrogens with zero attached hydrogens (tertiary/aromatic N) is 1. The van der Waals surface area contributed by atoms with E-state index < -0.39 is 0 Å². The van der Waals surface area contributed by atoms with Crippen LogP contribution in [0.3, 0.4) is 0 Å². The maximum Gasteiger partial charge on any atom is 0.315 e. The third-order valence-electron chi connectivity index (χ3n) is 3.75. The number of urea groups is 1. The van der Waals surface area contributed by atoms with Crippen LogP contribution in [0.25, 0.3) is 0 Å². The van der Waals surface area contributed by atoms with Crippen molar-refractivity contribution in [2.45, 2.75) is 31.8 Å². The molecule has 1 aromatic carbocycles. The van der Waals surface area contributed by atoms with Crippen molar-refractivity contribution >= 4 is 23.3 Å². The Balaban J connectivity index is 1.84. The number of amides is 2. The van der Waals surface area contributed by atoms with E-state index in [1.807, 2.05) is 31.2 Å². The minimum absolute atomic E-state index is 0.0385. The Labute approximate surface area is 130 Å². The minimum atomic E-state index is -0.214. The van der Waals surface area contributed by atoms with Gasteiger partial charge >= 0.3 is 6.03 Å². The topological polar surface area (TPSA) is 64.6 Å². The Bertz CT molecular complexity index is 480. The molecule has 5 nitrogen and oxygen atoms in total. The molecule has 0 spiro atoms. The molecule has 1 aliphatic heterocycles. The molecule has 1 aromatic rings. The van der Waals surface area contributed by atoms with Crippen molar-refractivity contribution in [3.8, 4) is 0 Å². The van der Waals surface area contributed by atoms with E-state index in [-0.39, 0.29) is 24.7 Å². The number of aliphatic hydroxyl groups is 1. The molecule has 1 fully saturated rings. The number of aliphatic hydroxyl groups excluding tert-OH is 1. The molecule has 3 N–H and O–H groups in total. The van der Waals surface area contributed by atoms with Crippen LogP contribution in [0, 0.1) is 0 Å². The molecule has 0 aliphatic carbocycles. The van der Waals surface area contributed by atoms with Crippen molar-refractivity contribution < 1.29 is 9.90 Å². The first kappa shape index (κ1) is 15.9. The summed E-state index contributed by atoms with van der Waals surface area (Å²) in [6.07, 6.45) is 1.61. The predicted octanol–water partition coefficient (Wildman–Crippen LogP) is 1.99. The van der Waals surface area contributed by atoms with Gasteiger partial charge in [-0.25, -0.2) is 4.79 Å². The molecule has 21 heavy (non-hydrogen) atoms. The van der Waals surface area contributed by atoms with Gasteiger partial charge in [0.15, 0.2) is 0 Å². The monoisotopic (exact) mass is 311 g/mol. The van der Waals surface area contributed by atoms with Gasteiger partial charge in [0.1, 0.15) is 0 Å². The van der Waals surface area contributed by atoms with Gasteiger partial charge in [-0.1, -0.05) is 24.6 Å². The molecule has 1 heterocycles. The first-order chi connectivity index (χ1) is 10.1. The summed E-state index contributed by atoms with van der Waals surface area (Å²) in [5.74, 6) is 0. The zero-order valence-corrected chi connectivity index (χ0v) is 12.9. The quantitative estimate of drug-likeness (QED) is 0.779. The molecule has 0 radical (unpaired) electrons. The summed E-state index contributed by atoms with van der Waals surface area (Å²) in [5, 5.41) is 15.5. The van der Waals surface area contributed by atoms with Crippen LogP contribution in [0.4, 0.5) is 10.5 Å². The Morgan fingerprint density at radius 1 is 1.57 bits per heavy atom. The standard InChI is InChI=1S/C15H22ClN3O2/c1-2-12(10-20)17-15(21)18-13-6-7-19(9-13)14-5-3-4-11(16)8-14/h3-5,8,12-13,20H,2,6-7,9-10H2,1H3,(H2,17,18,21)/t12-,13+/m1/s1. The van der Waals surface area contributed by atoms with Gasteiger partial charge in [0, 0.05) is 29.8 Å². The van der Waals surface area contributed by atoms with Crippen LogP contribution in [0.5, 0.6) is 0 Å². The van der Waals surface area contributed by atoms with E-state index in [2.05, 4.69) is 15.5 Å². The van der Waals surface area contributed by atoms with Crippen molar-refractivity contribution in [1.82, 2.24) is 10.6 Å². The van der Waals surface area contributed by atoms with Crippen molar-refractivity contribution in [2.75, 3.05) is 24.6 Å². The van der Waals surface area contributed by atoms with E-state index in [0.29, 0.717) is 6.42 Å². The summed E-state index contributed by atoms with van der Waals surface area (Å²) >= 11 is 6.00. The number of halogens is 1. The fourth-order valence-electron chi connectivity index (χ4n) is 2.47. The number of benzene rings is 1. The second kappa shape index (κ2) is 7.52. The highest BCUT2D eigenvalue weighted by molar-refractivity contribution is 6.30. The first-order valence-electron chi connectivity index (χ1n) is 7.30. The molecule has 0 unspecified atom stereocenters. The van der Waals surface area contributed by atoms with Crippen LogP contribution >= 0.6 is 11.6 Å². The van der Waals surface area contributed by atoms with Crippen molar-refractivity contribution in [3.63, 3.8) is 0 Å². The van der Waals surface area contributed by atoms with E-state index in [1.54, 1.807) is 0 Å². The van der Waals surface area contributed by atoms with Gasteiger partial charge in [-0.2, -0.15) is 0 Å². The summed E-state index contributed by atoms with van der Waals surface area (Å²) < 4.78 is 0. The number of anilines is 1. The zero-order chi connectivity index (χ0) is 15.2. The highest BCUT2D eigenvalue weighted by Gasteiger charge is 2.24. The smallest absolute Gasteiger partial charge is 0.315 e. The molecule has 116 valence electrons. The van der Waals surface area contributed by atoms with Gasteiger partial charge in [-0.15, -0.1) is 0 Å². The maximum atomic E-state index is 11.9. The SMILES string of the molecule is CC[C@H](CO)NC(=O)N[C@H]1CCN(c2cccc(Cl)c2)C1. The lowest BCUT2D eigenvalue weighted by Gasteiger charge is -2.20. The molecule has 1 saturated heterocycles. The summed E-state index contributed by atoms with van der Waals surface area (Å²) in [6, 6.07) is 7.45. The molecule has 0 saturated carbocycles. The second-order valence-electron chi connectivity index (χ2n) is 5.32. The highest BCUT2D eigenvalue weighted by atomic mass is 35.5. The summed E-state index contributed by atoms with van der Waals surface area (Å²) in [5.41, 5.74) is 1.08. The van der Waals surface area contributed by atoms with Gasteiger partial charge in [0.25, 0.3) is 0 Å². The van der Waals surface area contributed by atoms with E-state index in [1.165, 1.54) is 0 Å². The molecule has 0 bridgehead atoms. The number of nitrogens with one attached hydrogen (secondary N) is 2. The Morgan fingerprint density at radius 2 is 2.38 bits per heavy atom. The van der Waals surface area contributed by atoms with Crippen LogP contribution in [-0.4, -0.2) is 42.9 Å². The molecule has 6 heteroatoms. The largest absolute Gasteiger partial charge is 0.394 e. The van der Waals surface area contributed by atoms with Crippen LogP contribution in [0.15, 0.2) is 24.3 Å². The second-order valence-corrected chi connectivity index (χ2v) is 5.75. The van der Waals surface area contributed by atoms with Crippen LogP contribution in [0.2, 0.25) is 5.02 Å². The minimum Gasteiger partial charge on any atom is -0.394 e. The third-order valence-corrected chi connectivity index (χ3v) is 3.98. The van der Waals surface area contributed by atoms with E-state index in [0.717, 1.165) is 30.2 Å². The van der Waals surface area contributed by atoms with Crippen molar-refractivity contribution in [3.05, 3.63) is 29.3 Å². The van der Waals surface area contributed by atoms with E-state index >= 15 is 0 Å². The Kier molecular flexibility index (Phi) is 5.70. The molecule has 0 aromatic heterocycles. The maximum absolute atomic E-state index is 11.9. The summed E-state index contributed by atoms with van der Waals surface area (Å²) in [4.78, 5) is 14.1. The number of rotatable bonds is 5.